The number of hydrogen-bond acceptors (Lipinski definition) is 5. The minimum absolute atomic E-state index is 0.403. The number of nitrogens with two attached hydrogens (primary N) is 2. The van der Waals surface area contributed by atoms with Gasteiger partial charge in [0, 0.05) is 12.6 Å². The van der Waals surface area contributed by atoms with Gasteiger partial charge in [0.15, 0.2) is 0 Å². The number of nitrogens with one attached hydrogen (secondary N) is 1. The van der Waals surface area contributed by atoms with E-state index in [4.69, 9.17) is 11.5 Å². The van der Waals surface area contributed by atoms with Crippen molar-refractivity contribution in [2.75, 3.05) is 31.7 Å². The van der Waals surface area contributed by atoms with Crippen molar-refractivity contribution in [2.45, 2.75) is 13.0 Å². The number of primary amides is 1. The van der Waals surface area contributed by atoms with Gasteiger partial charge in [-0.25, -0.2) is 0 Å². The van der Waals surface area contributed by atoms with E-state index < -0.39 is 5.91 Å². The molecule has 90 valence electrons. The Hall–Kier alpha value is -1.27. The molecule has 5 N–H and O–H groups in total. The largest absolute Gasteiger partial charge is 0.397 e. The third-order valence-corrected chi connectivity index (χ3v) is 3.56. The molecule has 1 aromatic heterocycles. The van der Waals surface area contributed by atoms with Crippen LogP contribution in [-0.4, -0.2) is 37.5 Å². The molecule has 0 aliphatic carbocycles. The molecule has 0 aromatic carbocycles. The highest BCUT2D eigenvalue weighted by molar-refractivity contribution is 7.18. The molecule has 6 heteroatoms. The second-order valence-corrected chi connectivity index (χ2v) is 5.01. The van der Waals surface area contributed by atoms with Crippen LogP contribution in [0.1, 0.15) is 16.6 Å². The summed E-state index contributed by atoms with van der Waals surface area (Å²) in [5.41, 5.74) is 11.3. The van der Waals surface area contributed by atoms with E-state index in [0.717, 1.165) is 11.5 Å². The van der Waals surface area contributed by atoms with E-state index in [-0.39, 0.29) is 0 Å². The maximum absolute atomic E-state index is 11.0. The van der Waals surface area contributed by atoms with Gasteiger partial charge in [-0.05, 0) is 27.1 Å². The molecule has 0 aliphatic heterocycles. The van der Waals surface area contributed by atoms with Gasteiger partial charge in [-0.3, -0.25) is 4.79 Å². The standard InChI is InChI=1S/C10H18N4OS/c1-6(14(2)3)5-13-8-4-7(11)9(16-8)10(12)15/h4,6,13H,5,11H2,1-3H3,(H2,12,15). The third-order valence-electron chi connectivity index (χ3n) is 2.44. The number of thiophene rings is 1. The van der Waals surface area contributed by atoms with Gasteiger partial charge in [0.25, 0.3) is 5.91 Å². The first-order valence-corrected chi connectivity index (χ1v) is 5.83. The molecule has 1 amide bonds. The number of nitrogen functional groups attached to an aromatic ring is 1. The van der Waals surface area contributed by atoms with Gasteiger partial charge in [0.1, 0.15) is 4.88 Å². The average Bonchev–Trinajstić information content (AvgIpc) is 2.56. The Labute approximate surface area is 99.4 Å². The Morgan fingerprint density at radius 3 is 2.69 bits per heavy atom. The first kappa shape index (κ1) is 12.8. The van der Waals surface area contributed by atoms with Crippen LogP contribution in [0, 0.1) is 0 Å². The van der Waals surface area contributed by atoms with Crippen molar-refractivity contribution in [3.05, 3.63) is 10.9 Å². The molecular weight excluding hydrogens is 224 g/mol. The second-order valence-electron chi connectivity index (χ2n) is 3.95. The van der Waals surface area contributed by atoms with Crippen LogP contribution in [-0.2, 0) is 0 Å². The molecule has 0 saturated carbocycles. The third kappa shape index (κ3) is 3.11. The summed E-state index contributed by atoms with van der Waals surface area (Å²) in [5.74, 6) is -0.476. The van der Waals surface area contributed by atoms with Gasteiger partial charge in [-0.2, -0.15) is 0 Å². The second kappa shape index (κ2) is 5.18. The number of carbonyl (C=O) groups excluding carboxylic acids is 1. The topological polar surface area (TPSA) is 84.4 Å². The molecule has 0 saturated heterocycles. The summed E-state index contributed by atoms with van der Waals surface area (Å²) in [5, 5.41) is 4.11. The summed E-state index contributed by atoms with van der Waals surface area (Å²) in [6, 6.07) is 2.15. The van der Waals surface area contributed by atoms with Gasteiger partial charge < -0.3 is 21.7 Å². The lowest BCUT2D eigenvalue weighted by atomic mass is 10.3. The lowest BCUT2D eigenvalue weighted by molar-refractivity contribution is 0.100. The van der Waals surface area contributed by atoms with Crippen molar-refractivity contribution in [1.82, 2.24) is 4.90 Å². The van der Waals surface area contributed by atoms with Gasteiger partial charge >= 0.3 is 0 Å². The van der Waals surface area contributed by atoms with Gasteiger partial charge in [-0.15, -0.1) is 11.3 Å². The molecule has 1 unspecified atom stereocenters. The Bertz CT molecular complexity index is 375. The molecular formula is C10H18N4OS. The van der Waals surface area contributed by atoms with Crippen LogP contribution in [0.25, 0.3) is 0 Å². The number of hydrogen-bond donors (Lipinski definition) is 3. The van der Waals surface area contributed by atoms with E-state index >= 15 is 0 Å². The van der Waals surface area contributed by atoms with E-state index in [0.29, 0.717) is 16.6 Å². The Morgan fingerprint density at radius 1 is 1.62 bits per heavy atom. The Morgan fingerprint density at radius 2 is 2.25 bits per heavy atom. The van der Waals surface area contributed by atoms with Crippen LogP contribution in [0.5, 0.6) is 0 Å². The number of rotatable bonds is 5. The predicted molar refractivity (Wildman–Crippen MR) is 68.9 cm³/mol. The lowest BCUT2D eigenvalue weighted by Gasteiger charge is -2.19. The highest BCUT2D eigenvalue weighted by atomic mass is 32.1. The monoisotopic (exact) mass is 242 g/mol. The molecule has 0 bridgehead atoms. The molecule has 0 fully saturated rings. The normalized spacial score (nSPS) is 12.8. The zero-order valence-electron chi connectivity index (χ0n) is 9.78. The molecule has 1 atom stereocenters. The average molecular weight is 242 g/mol. The fourth-order valence-electron chi connectivity index (χ4n) is 1.12. The van der Waals surface area contributed by atoms with Crippen LogP contribution in [0.4, 0.5) is 10.7 Å². The minimum Gasteiger partial charge on any atom is -0.397 e. The Balaban J connectivity index is 2.62. The van der Waals surface area contributed by atoms with Crippen molar-refractivity contribution in [2.24, 2.45) is 5.73 Å². The maximum atomic E-state index is 11.0. The molecule has 0 aliphatic rings. The van der Waals surface area contributed by atoms with Crippen molar-refractivity contribution in [3.63, 3.8) is 0 Å². The van der Waals surface area contributed by atoms with Crippen LogP contribution in [0.15, 0.2) is 6.07 Å². The van der Waals surface area contributed by atoms with E-state index in [1.54, 1.807) is 6.07 Å². The summed E-state index contributed by atoms with van der Waals surface area (Å²) in [6.45, 7) is 2.91. The molecule has 1 rings (SSSR count). The minimum atomic E-state index is -0.476. The van der Waals surface area contributed by atoms with Crippen LogP contribution < -0.4 is 16.8 Å². The fourth-order valence-corrected chi connectivity index (χ4v) is 1.95. The van der Waals surface area contributed by atoms with Gasteiger partial charge in [0.05, 0.1) is 10.7 Å². The molecule has 1 heterocycles. The number of carbonyl (C=O) groups is 1. The predicted octanol–water partition coefficient (Wildman–Crippen LogP) is 0.791. The first-order valence-electron chi connectivity index (χ1n) is 5.01. The zero-order valence-corrected chi connectivity index (χ0v) is 10.6. The first-order chi connectivity index (χ1) is 7.41. The quantitative estimate of drug-likeness (QED) is 0.712. The number of anilines is 2. The van der Waals surface area contributed by atoms with Crippen molar-refractivity contribution >= 4 is 27.9 Å². The van der Waals surface area contributed by atoms with Crippen molar-refractivity contribution in [3.8, 4) is 0 Å². The van der Waals surface area contributed by atoms with Gasteiger partial charge in [0.2, 0.25) is 0 Å². The van der Waals surface area contributed by atoms with E-state index in [1.807, 2.05) is 14.1 Å². The molecule has 1 aromatic rings. The summed E-state index contributed by atoms with van der Waals surface area (Å²) >= 11 is 1.29. The van der Waals surface area contributed by atoms with E-state index in [2.05, 4.69) is 17.1 Å². The number of amides is 1. The number of likely N-dealkylation sites (N-methyl/N-ethyl adjacent to an activating group) is 1. The molecule has 16 heavy (non-hydrogen) atoms. The van der Waals surface area contributed by atoms with Gasteiger partial charge in [-0.1, -0.05) is 0 Å². The smallest absolute Gasteiger partial charge is 0.260 e. The fraction of sp³-hybridized carbons (Fsp3) is 0.500. The van der Waals surface area contributed by atoms with Crippen LogP contribution >= 0.6 is 11.3 Å². The lowest BCUT2D eigenvalue weighted by Crippen LogP contribution is -2.31. The number of nitrogens with zero attached hydrogens (tertiary/aromatic N) is 1. The van der Waals surface area contributed by atoms with Crippen molar-refractivity contribution in [1.29, 1.82) is 0 Å². The summed E-state index contributed by atoms with van der Waals surface area (Å²) < 4.78 is 0. The Kier molecular flexibility index (Phi) is 4.14. The van der Waals surface area contributed by atoms with Crippen molar-refractivity contribution < 1.29 is 4.79 Å². The highest BCUT2D eigenvalue weighted by Gasteiger charge is 2.12. The molecule has 0 spiro atoms. The van der Waals surface area contributed by atoms with Crippen LogP contribution in [0.3, 0.4) is 0 Å². The SMILES string of the molecule is CC(CNc1cc(N)c(C(N)=O)s1)N(C)C. The summed E-state index contributed by atoms with van der Waals surface area (Å²) in [7, 11) is 4.04. The summed E-state index contributed by atoms with van der Waals surface area (Å²) in [4.78, 5) is 13.5. The van der Waals surface area contributed by atoms with E-state index in [9.17, 15) is 4.79 Å². The van der Waals surface area contributed by atoms with E-state index in [1.165, 1.54) is 11.3 Å². The summed E-state index contributed by atoms with van der Waals surface area (Å²) in [6.07, 6.45) is 0. The molecule has 5 nitrogen and oxygen atoms in total. The maximum Gasteiger partial charge on any atom is 0.260 e. The van der Waals surface area contributed by atoms with Crippen LogP contribution in [0.2, 0.25) is 0 Å². The highest BCUT2D eigenvalue weighted by Crippen LogP contribution is 2.28. The molecule has 0 radical (unpaired) electrons. The zero-order chi connectivity index (χ0) is 12.3.